The van der Waals surface area contributed by atoms with Crippen molar-refractivity contribution in [2.24, 2.45) is 11.7 Å². The molecule has 1 aliphatic rings. The van der Waals surface area contributed by atoms with Gasteiger partial charge < -0.3 is 5.73 Å². The van der Waals surface area contributed by atoms with Crippen LogP contribution in [0.3, 0.4) is 0 Å². The van der Waals surface area contributed by atoms with Crippen LogP contribution in [0.2, 0.25) is 0 Å². The van der Waals surface area contributed by atoms with Gasteiger partial charge in [-0.3, -0.25) is 9.69 Å². The lowest BCUT2D eigenvalue weighted by molar-refractivity contribution is -0.121. The smallest absolute Gasteiger partial charge is 0.221 e. The van der Waals surface area contributed by atoms with Gasteiger partial charge in [-0.1, -0.05) is 11.6 Å². The molecule has 1 heterocycles. The Bertz CT molecular complexity index is 219. The summed E-state index contributed by atoms with van der Waals surface area (Å²) in [6.45, 7) is 6.95. The van der Waals surface area contributed by atoms with Crippen molar-refractivity contribution in [2.45, 2.75) is 20.3 Å². The third-order valence-corrected chi connectivity index (χ3v) is 2.43. The highest BCUT2D eigenvalue weighted by molar-refractivity contribution is 5.77. The Hall–Kier alpha value is -0.830. The molecule has 0 aromatic heterocycles. The lowest BCUT2D eigenvalue weighted by Crippen LogP contribution is -2.27. The summed E-state index contributed by atoms with van der Waals surface area (Å²) < 4.78 is 0. The minimum atomic E-state index is -0.153. The quantitative estimate of drug-likeness (QED) is 0.655. The van der Waals surface area contributed by atoms with Crippen LogP contribution >= 0.6 is 0 Å². The molecule has 3 nitrogen and oxygen atoms in total. The van der Waals surface area contributed by atoms with Gasteiger partial charge >= 0.3 is 0 Å². The Labute approximate surface area is 79.6 Å². The Morgan fingerprint density at radius 1 is 1.62 bits per heavy atom. The fourth-order valence-electron chi connectivity index (χ4n) is 1.54. The van der Waals surface area contributed by atoms with E-state index in [0.29, 0.717) is 0 Å². The maximum atomic E-state index is 10.9. The van der Waals surface area contributed by atoms with E-state index in [1.165, 1.54) is 5.57 Å². The highest BCUT2D eigenvalue weighted by atomic mass is 16.1. The van der Waals surface area contributed by atoms with Crippen LogP contribution in [0.15, 0.2) is 11.6 Å². The van der Waals surface area contributed by atoms with Gasteiger partial charge in [0.2, 0.25) is 5.91 Å². The molecule has 1 fully saturated rings. The van der Waals surface area contributed by atoms with Gasteiger partial charge in [-0.2, -0.15) is 0 Å². The highest BCUT2D eigenvalue weighted by Gasteiger charge is 2.25. The number of rotatable bonds is 3. The topological polar surface area (TPSA) is 46.3 Å². The predicted octanol–water partition coefficient (Wildman–Crippen LogP) is 0.760. The van der Waals surface area contributed by atoms with Gasteiger partial charge in [0, 0.05) is 13.1 Å². The van der Waals surface area contributed by atoms with E-state index in [0.717, 1.165) is 26.1 Å². The zero-order valence-corrected chi connectivity index (χ0v) is 8.42. The van der Waals surface area contributed by atoms with Gasteiger partial charge in [-0.05, 0) is 26.8 Å². The fraction of sp³-hybridized carbons (Fsp3) is 0.700. The van der Waals surface area contributed by atoms with Crippen molar-refractivity contribution in [1.82, 2.24) is 4.90 Å². The van der Waals surface area contributed by atoms with Gasteiger partial charge in [-0.15, -0.1) is 0 Å². The van der Waals surface area contributed by atoms with Crippen LogP contribution in [0, 0.1) is 5.92 Å². The Balaban J connectivity index is 2.33. The normalized spacial score (nSPS) is 23.1. The SMILES string of the molecule is CC(C)=CCN1CCC(C(N)=O)C1. The summed E-state index contributed by atoms with van der Waals surface area (Å²) in [6, 6.07) is 0. The maximum Gasteiger partial charge on any atom is 0.221 e. The third kappa shape index (κ3) is 3.19. The molecule has 13 heavy (non-hydrogen) atoms. The zero-order chi connectivity index (χ0) is 9.84. The van der Waals surface area contributed by atoms with Gasteiger partial charge in [0.1, 0.15) is 0 Å². The number of nitrogens with two attached hydrogens (primary N) is 1. The number of nitrogens with zero attached hydrogens (tertiary/aromatic N) is 1. The van der Waals surface area contributed by atoms with E-state index < -0.39 is 0 Å². The number of hydrogen-bond donors (Lipinski definition) is 1. The molecule has 2 N–H and O–H groups in total. The number of carbonyl (C=O) groups excluding carboxylic acids is 1. The first-order chi connectivity index (χ1) is 6.09. The van der Waals surface area contributed by atoms with Crippen molar-refractivity contribution in [2.75, 3.05) is 19.6 Å². The second-order valence-electron chi connectivity index (χ2n) is 3.93. The maximum absolute atomic E-state index is 10.9. The second kappa shape index (κ2) is 4.42. The van der Waals surface area contributed by atoms with E-state index in [1.54, 1.807) is 0 Å². The first-order valence-corrected chi connectivity index (χ1v) is 4.74. The average Bonchev–Trinajstić information content (AvgIpc) is 2.48. The van der Waals surface area contributed by atoms with E-state index in [-0.39, 0.29) is 11.8 Å². The Morgan fingerprint density at radius 3 is 2.77 bits per heavy atom. The first kappa shape index (κ1) is 10.3. The molecule has 3 heteroatoms. The molecule has 0 aromatic carbocycles. The van der Waals surface area contributed by atoms with Crippen molar-refractivity contribution < 1.29 is 4.79 Å². The number of hydrogen-bond acceptors (Lipinski definition) is 2. The van der Waals surface area contributed by atoms with Gasteiger partial charge in [0.15, 0.2) is 0 Å². The van der Waals surface area contributed by atoms with Gasteiger partial charge in [0.25, 0.3) is 0 Å². The van der Waals surface area contributed by atoms with Crippen LogP contribution in [0.5, 0.6) is 0 Å². The number of carbonyl (C=O) groups is 1. The van der Waals surface area contributed by atoms with Crippen LogP contribution < -0.4 is 5.73 Å². The number of primary amides is 1. The number of likely N-dealkylation sites (tertiary alicyclic amines) is 1. The van der Waals surface area contributed by atoms with Crippen molar-refractivity contribution in [3.05, 3.63) is 11.6 Å². The summed E-state index contributed by atoms with van der Waals surface area (Å²) in [4.78, 5) is 13.1. The monoisotopic (exact) mass is 182 g/mol. The zero-order valence-electron chi connectivity index (χ0n) is 8.42. The van der Waals surface area contributed by atoms with E-state index in [4.69, 9.17) is 5.73 Å². The van der Waals surface area contributed by atoms with Crippen molar-refractivity contribution >= 4 is 5.91 Å². The minimum Gasteiger partial charge on any atom is -0.369 e. The lowest BCUT2D eigenvalue weighted by atomic mass is 10.1. The third-order valence-electron chi connectivity index (χ3n) is 2.43. The average molecular weight is 182 g/mol. The van der Waals surface area contributed by atoms with Crippen molar-refractivity contribution in [1.29, 1.82) is 0 Å². The standard InChI is InChI=1S/C10H18N2O/c1-8(2)3-5-12-6-4-9(7-12)10(11)13/h3,9H,4-7H2,1-2H3,(H2,11,13). The number of amides is 1. The second-order valence-corrected chi connectivity index (χ2v) is 3.93. The van der Waals surface area contributed by atoms with Gasteiger partial charge in [0.05, 0.1) is 5.92 Å². The van der Waals surface area contributed by atoms with E-state index in [2.05, 4.69) is 24.8 Å². The highest BCUT2D eigenvalue weighted by Crippen LogP contribution is 2.15. The van der Waals surface area contributed by atoms with Crippen molar-refractivity contribution in [3.63, 3.8) is 0 Å². The molecular formula is C10H18N2O. The molecule has 0 saturated carbocycles. The molecule has 0 aliphatic carbocycles. The molecule has 0 bridgehead atoms. The summed E-state index contributed by atoms with van der Waals surface area (Å²) in [7, 11) is 0. The molecule has 1 unspecified atom stereocenters. The molecule has 0 aromatic rings. The number of allylic oxidation sites excluding steroid dienone is 1. The molecule has 1 aliphatic heterocycles. The molecule has 1 amide bonds. The minimum absolute atomic E-state index is 0.0746. The van der Waals surface area contributed by atoms with Crippen LogP contribution in [0.1, 0.15) is 20.3 Å². The molecule has 0 radical (unpaired) electrons. The van der Waals surface area contributed by atoms with E-state index in [9.17, 15) is 4.79 Å². The molecule has 74 valence electrons. The Morgan fingerprint density at radius 2 is 2.31 bits per heavy atom. The largest absolute Gasteiger partial charge is 0.369 e. The van der Waals surface area contributed by atoms with E-state index >= 15 is 0 Å². The Kier molecular flexibility index (Phi) is 3.48. The molecule has 1 rings (SSSR count). The van der Waals surface area contributed by atoms with Gasteiger partial charge in [-0.25, -0.2) is 0 Å². The summed E-state index contributed by atoms with van der Waals surface area (Å²) in [5, 5.41) is 0. The van der Waals surface area contributed by atoms with Crippen LogP contribution in [0.25, 0.3) is 0 Å². The van der Waals surface area contributed by atoms with Crippen LogP contribution in [-0.4, -0.2) is 30.4 Å². The van der Waals surface area contributed by atoms with Crippen molar-refractivity contribution in [3.8, 4) is 0 Å². The lowest BCUT2D eigenvalue weighted by Gasteiger charge is -2.12. The summed E-state index contributed by atoms with van der Waals surface area (Å²) in [5.74, 6) is -0.0785. The molecular weight excluding hydrogens is 164 g/mol. The molecule has 1 saturated heterocycles. The summed E-state index contributed by atoms with van der Waals surface area (Å²) in [6.07, 6.45) is 3.11. The van der Waals surface area contributed by atoms with Crippen LogP contribution in [-0.2, 0) is 4.79 Å². The predicted molar refractivity (Wildman–Crippen MR) is 53.2 cm³/mol. The summed E-state index contributed by atoms with van der Waals surface area (Å²) in [5.41, 5.74) is 6.56. The van der Waals surface area contributed by atoms with E-state index in [1.807, 2.05) is 0 Å². The van der Waals surface area contributed by atoms with Crippen LogP contribution in [0.4, 0.5) is 0 Å². The summed E-state index contributed by atoms with van der Waals surface area (Å²) >= 11 is 0. The fourth-order valence-corrected chi connectivity index (χ4v) is 1.54. The molecule has 0 spiro atoms. The first-order valence-electron chi connectivity index (χ1n) is 4.74. The molecule has 1 atom stereocenters.